The summed E-state index contributed by atoms with van der Waals surface area (Å²) in [5.74, 6) is -0.935. The first-order valence-electron chi connectivity index (χ1n) is 9.43. The average Bonchev–Trinajstić information content (AvgIpc) is 2.71. The van der Waals surface area contributed by atoms with Crippen LogP contribution in [0.25, 0.3) is 0 Å². The van der Waals surface area contributed by atoms with Gasteiger partial charge >= 0.3 is 0 Å². The number of aliphatic hydroxyl groups excluding tert-OH is 1. The molecule has 28 heavy (non-hydrogen) atoms. The minimum absolute atomic E-state index is 0.221. The first-order chi connectivity index (χ1) is 13.3. The number of halogens is 3. The second-order valence-electron chi connectivity index (χ2n) is 6.43. The van der Waals surface area contributed by atoms with Gasteiger partial charge in [0, 0.05) is 17.8 Å². The van der Waals surface area contributed by atoms with Crippen molar-refractivity contribution in [2.45, 2.75) is 58.7 Å². The van der Waals surface area contributed by atoms with E-state index in [4.69, 9.17) is 23.2 Å². The van der Waals surface area contributed by atoms with Crippen LogP contribution in [-0.2, 0) is 11.2 Å². The maximum Gasteiger partial charge on any atom is 0.256 e. The number of hydrogen-bond donors (Lipinski definition) is 1. The highest BCUT2D eigenvalue weighted by Gasteiger charge is 2.38. The summed E-state index contributed by atoms with van der Waals surface area (Å²) in [4.78, 5) is 18.4. The van der Waals surface area contributed by atoms with Crippen molar-refractivity contribution in [3.63, 3.8) is 0 Å². The molecule has 4 nitrogen and oxygen atoms in total. The van der Waals surface area contributed by atoms with Crippen molar-refractivity contribution in [1.82, 2.24) is 9.88 Å². The van der Waals surface area contributed by atoms with E-state index < -0.39 is 18.0 Å². The number of amides is 1. The lowest BCUT2D eigenvalue weighted by Gasteiger charge is -2.42. The van der Waals surface area contributed by atoms with E-state index in [1.54, 1.807) is 23.1 Å². The van der Waals surface area contributed by atoms with Crippen LogP contribution >= 0.6 is 23.2 Å². The van der Waals surface area contributed by atoms with Crippen LogP contribution in [0.3, 0.4) is 0 Å². The van der Waals surface area contributed by atoms with E-state index in [0.717, 1.165) is 5.56 Å². The zero-order valence-electron chi connectivity index (χ0n) is 16.4. The Balaban J connectivity index is 0.00000136. The van der Waals surface area contributed by atoms with Crippen LogP contribution < -0.4 is 0 Å². The van der Waals surface area contributed by atoms with Gasteiger partial charge in [-0.05, 0) is 49.1 Å². The Hall–Kier alpha value is -1.69. The summed E-state index contributed by atoms with van der Waals surface area (Å²) in [6, 6.07) is 5.74. The monoisotopic (exact) mass is 426 g/mol. The molecule has 2 aromatic rings. The van der Waals surface area contributed by atoms with Crippen LogP contribution in [0, 0.1) is 5.95 Å². The van der Waals surface area contributed by atoms with E-state index >= 15 is 0 Å². The van der Waals surface area contributed by atoms with Crippen LogP contribution in [0.4, 0.5) is 4.39 Å². The summed E-state index contributed by atoms with van der Waals surface area (Å²) in [6.07, 6.45) is 1.04. The lowest BCUT2D eigenvalue weighted by Crippen LogP contribution is -2.48. The predicted octanol–water partition coefficient (Wildman–Crippen LogP) is 5.51. The lowest BCUT2D eigenvalue weighted by atomic mass is 9.88. The summed E-state index contributed by atoms with van der Waals surface area (Å²) in [5.41, 5.74) is 1.63. The minimum Gasteiger partial charge on any atom is -0.378 e. The molecule has 3 unspecified atom stereocenters. The number of benzene rings is 1. The summed E-state index contributed by atoms with van der Waals surface area (Å²) >= 11 is 11.9. The molecule has 1 aliphatic rings. The fourth-order valence-corrected chi connectivity index (χ4v) is 3.86. The summed E-state index contributed by atoms with van der Waals surface area (Å²) < 4.78 is 14.1. The maximum absolute atomic E-state index is 14.1. The van der Waals surface area contributed by atoms with E-state index in [0.29, 0.717) is 29.0 Å². The Labute approximate surface area is 175 Å². The second kappa shape index (κ2) is 9.68. The first-order valence-corrected chi connectivity index (χ1v) is 10.2. The van der Waals surface area contributed by atoms with Crippen LogP contribution in [0.15, 0.2) is 30.5 Å². The van der Waals surface area contributed by atoms with Crippen LogP contribution in [0.5, 0.6) is 0 Å². The molecule has 1 aromatic carbocycles. The largest absolute Gasteiger partial charge is 0.378 e. The van der Waals surface area contributed by atoms with Gasteiger partial charge in [-0.1, -0.05) is 50.0 Å². The Morgan fingerprint density at radius 1 is 1.32 bits per heavy atom. The molecule has 0 bridgehead atoms. The molecule has 152 valence electrons. The van der Waals surface area contributed by atoms with E-state index in [2.05, 4.69) is 4.98 Å². The van der Waals surface area contributed by atoms with Gasteiger partial charge in [-0.25, -0.2) is 4.98 Å². The molecule has 1 aliphatic heterocycles. The zero-order valence-corrected chi connectivity index (χ0v) is 17.9. The van der Waals surface area contributed by atoms with Crippen molar-refractivity contribution in [2.24, 2.45) is 0 Å². The van der Waals surface area contributed by atoms with Crippen molar-refractivity contribution in [3.8, 4) is 0 Å². The molecule has 0 saturated carbocycles. The number of hydrogen-bond acceptors (Lipinski definition) is 3. The van der Waals surface area contributed by atoms with E-state index in [1.165, 1.54) is 12.3 Å². The fraction of sp³-hybridized carbons (Fsp3) is 0.429. The highest BCUT2D eigenvalue weighted by molar-refractivity contribution is 6.42. The number of aliphatic hydroxyl groups is 1. The van der Waals surface area contributed by atoms with Gasteiger partial charge in [0.05, 0.1) is 16.1 Å². The van der Waals surface area contributed by atoms with Crippen LogP contribution in [-0.4, -0.2) is 26.9 Å². The number of fused-ring (bicyclic) bond motifs is 1. The number of pyridine rings is 1. The second-order valence-corrected chi connectivity index (χ2v) is 7.25. The van der Waals surface area contributed by atoms with Gasteiger partial charge in [0.15, 0.2) is 6.10 Å². The Morgan fingerprint density at radius 2 is 2.00 bits per heavy atom. The number of rotatable bonds is 3. The lowest BCUT2D eigenvalue weighted by molar-refractivity contribution is -0.146. The molecule has 3 atom stereocenters. The molecule has 0 radical (unpaired) electrons. The van der Waals surface area contributed by atoms with Gasteiger partial charge in [-0.3, -0.25) is 4.79 Å². The Kier molecular flexibility index (Phi) is 7.81. The number of nitrogens with zero attached hydrogens (tertiary/aromatic N) is 2. The van der Waals surface area contributed by atoms with Crippen molar-refractivity contribution in [3.05, 3.63) is 63.1 Å². The van der Waals surface area contributed by atoms with Gasteiger partial charge < -0.3 is 10.0 Å². The Bertz CT molecular complexity index is 847. The standard InChI is InChI=1S/C19H19Cl2FN2O2.C2H6/c1-3-12-9-14-13(6-7-23-18(14)22)10(2)24(12)19(26)17(25)11-4-5-15(20)16(21)8-11;1-2/h4-8,10,12,17,25H,3,9H2,1-2H3;1-2H3. The predicted molar refractivity (Wildman–Crippen MR) is 110 cm³/mol. The van der Waals surface area contributed by atoms with Gasteiger partial charge in [0.1, 0.15) is 0 Å². The molecule has 3 rings (SSSR count). The molecule has 0 spiro atoms. The van der Waals surface area contributed by atoms with Gasteiger partial charge in [0.25, 0.3) is 5.91 Å². The first kappa shape index (κ1) is 22.6. The zero-order chi connectivity index (χ0) is 21.0. The summed E-state index contributed by atoms with van der Waals surface area (Å²) in [5, 5.41) is 11.2. The van der Waals surface area contributed by atoms with Gasteiger partial charge in [-0.15, -0.1) is 0 Å². The number of carbonyl (C=O) groups is 1. The molecule has 0 fully saturated rings. The third kappa shape index (κ3) is 4.32. The number of aromatic nitrogens is 1. The van der Waals surface area contributed by atoms with E-state index in [1.807, 2.05) is 27.7 Å². The third-order valence-corrected chi connectivity index (χ3v) is 5.70. The molecule has 0 aliphatic carbocycles. The normalized spacial score (nSPS) is 19.4. The van der Waals surface area contributed by atoms with Crippen molar-refractivity contribution in [2.75, 3.05) is 0 Å². The van der Waals surface area contributed by atoms with Crippen LogP contribution in [0.1, 0.15) is 63.0 Å². The van der Waals surface area contributed by atoms with Crippen LogP contribution in [0.2, 0.25) is 10.0 Å². The van der Waals surface area contributed by atoms with Crippen molar-refractivity contribution < 1.29 is 14.3 Å². The van der Waals surface area contributed by atoms with Gasteiger partial charge in [0.2, 0.25) is 5.95 Å². The summed E-state index contributed by atoms with van der Waals surface area (Å²) in [6.45, 7) is 7.77. The smallest absolute Gasteiger partial charge is 0.256 e. The minimum atomic E-state index is -1.37. The number of carbonyl (C=O) groups excluding carboxylic acids is 1. The molecular weight excluding hydrogens is 402 g/mol. The van der Waals surface area contributed by atoms with Gasteiger partial charge in [-0.2, -0.15) is 4.39 Å². The molecule has 2 heterocycles. The maximum atomic E-state index is 14.1. The van der Waals surface area contributed by atoms with Crippen molar-refractivity contribution >= 4 is 29.1 Å². The molecule has 0 saturated heterocycles. The Morgan fingerprint density at radius 3 is 2.61 bits per heavy atom. The van der Waals surface area contributed by atoms with E-state index in [-0.39, 0.29) is 17.1 Å². The molecule has 1 N–H and O–H groups in total. The average molecular weight is 427 g/mol. The highest BCUT2D eigenvalue weighted by atomic mass is 35.5. The molecular formula is C21H25Cl2FN2O2. The quantitative estimate of drug-likeness (QED) is 0.657. The topological polar surface area (TPSA) is 53.4 Å². The third-order valence-electron chi connectivity index (χ3n) is 4.96. The van der Waals surface area contributed by atoms with E-state index in [9.17, 15) is 14.3 Å². The fourth-order valence-electron chi connectivity index (χ4n) is 3.55. The highest BCUT2D eigenvalue weighted by Crippen LogP contribution is 2.37. The summed E-state index contributed by atoms with van der Waals surface area (Å²) in [7, 11) is 0. The molecule has 1 amide bonds. The SMILES string of the molecule is CC.CCC1Cc2c(ccnc2F)C(C)N1C(=O)C(O)c1ccc(Cl)c(Cl)c1. The molecule has 1 aromatic heterocycles. The molecule has 7 heteroatoms. The van der Waals surface area contributed by atoms with Crippen molar-refractivity contribution in [1.29, 1.82) is 0 Å².